The summed E-state index contributed by atoms with van der Waals surface area (Å²) >= 11 is 0. The monoisotopic (exact) mass is 449 g/mol. The molecule has 170 valence electrons. The molecular weight excluding hydrogens is 426 g/mol. The van der Waals surface area contributed by atoms with Crippen molar-refractivity contribution in [3.8, 4) is 11.5 Å². The number of aliphatic hydroxyl groups is 1. The number of ketones is 1. The van der Waals surface area contributed by atoms with Crippen LogP contribution in [-0.4, -0.2) is 40.8 Å². The van der Waals surface area contributed by atoms with Crippen LogP contribution in [0.1, 0.15) is 22.3 Å². The number of benzene rings is 2. The molecule has 0 saturated carbocycles. The Morgan fingerprint density at radius 2 is 1.42 bits per heavy atom. The Bertz CT molecular complexity index is 1240. The first kappa shape index (κ1) is 23.3. The lowest BCUT2D eigenvalue weighted by Gasteiger charge is -2.13. The predicted octanol–water partition coefficient (Wildman–Crippen LogP) is 3.06. The number of carboxylic acid groups (broad SMARTS) is 1. The van der Waals surface area contributed by atoms with Crippen LogP contribution in [0, 0.1) is 0 Å². The molecule has 0 aliphatic heterocycles. The number of rotatable bonds is 9. The highest BCUT2D eigenvalue weighted by Gasteiger charge is 2.16. The second kappa shape index (κ2) is 10.3. The topological polar surface area (TPSA) is 115 Å². The lowest BCUT2D eigenvalue weighted by atomic mass is 10.0. The molecule has 3 aromatic rings. The van der Waals surface area contributed by atoms with Crippen molar-refractivity contribution in [1.29, 1.82) is 0 Å². The van der Waals surface area contributed by atoms with Crippen LogP contribution in [0.25, 0.3) is 5.76 Å². The highest BCUT2D eigenvalue weighted by atomic mass is 16.5. The standard InChI is InChI=1S/C25H23NO7/c1-32-19-7-3-16(4-8-19)11-18-12-21(22(27)13-23(28)25(30)31)24(29)26(15-18)14-17-5-9-20(33-2)10-6-17/h3-10,12-13,15,27H,11,14H2,1-2H3,(H,30,31). The van der Waals surface area contributed by atoms with Gasteiger partial charge in [0.25, 0.3) is 11.3 Å². The van der Waals surface area contributed by atoms with Gasteiger partial charge in [-0.25, -0.2) is 4.79 Å². The Morgan fingerprint density at radius 3 is 1.94 bits per heavy atom. The number of carbonyl (C=O) groups excluding carboxylic acids is 1. The van der Waals surface area contributed by atoms with Gasteiger partial charge in [0, 0.05) is 12.3 Å². The smallest absolute Gasteiger partial charge is 0.376 e. The first-order valence-corrected chi connectivity index (χ1v) is 9.98. The summed E-state index contributed by atoms with van der Waals surface area (Å²) in [4.78, 5) is 35.4. The number of aliphatic hydroxyl groups excluding tert-OH is 1. The number of hydrogen-bond donors (Lipinski definition) is 2. The van der Waals surface area contributed by atoms with Gasteiger partial charge in [-0.2, -0.15) is 0 Å². The minimum Gasteiger partial charge on any atom is -0.507 e. The predicted molar refractivity (Wildman–Crippen MR) is 122 cm³/mol. The molecule has 2 aromatic carbocycles. The number of carbonyl (C=O) groups is 2. The molecule has 0 aliphatic rings. The zero-order chi connectivity index (χ0) is 24.0. The zero-order valence-corrected chi connectivity index (χ0v) is 18.1. The maximum Gasteiger partial charge on any atom is 0.376 e. The van der Waals surface area contributed by atoms with Crippen LogP contribution in [0.3, 0.4) is 0 Å². The van der Waals surface area contributed by atoms with Gasteiger partial charge in [-0.15, -0.1) is 0 Å². The van der Waals surface area contributed by atoms with Gasteiger partial charge in [-0.05, 0) is 53.4 Å². The van der Waals surface area contributed by atoms with E-state index in [2.05, 4.69) is 0 Å². The Morgan fingerprint density at radius 1 is 0.879 bits per heavy atom. The SMILES string of the molecule is COc1ccc(Cc2cc(C(O)=CC(=O)C(=O)O)c(=O)n(Cc3ccc(OC)cc3)c2)cc1. The van der Waals surface area contributed by atoms with Crippen molar-refractivity contribution in [2.24, 2.45) is 0 Å². The van der Waals surface area contributed by atoms with E-state index in [1.807, 2.05) is 36.4 Å². The summed E-state index contributed by atoms with van der Waals surface area (Å²) in [6.45, 7) is 0.201. The van der Waals surface area contributed by atoms with Gasteiger partial charge in [0.15, 0.2) is 0 Å². The number of pyridine rings is 1. The lowest BCUT2D eigenvalue weighted by Crippen LogP contribution is -2.25. The fourth-order valence-corrected chi connectivity index (χ4v) is 3.27. The highest BCUT2D eigenvalue weighted by Crippen LogP contribution is 2.18. The minimum atomic E-state index is -1.73. The van der Waals surface area contributed by atoms with Crippen molar-refractivity contribution >= 4 is 17.5 Å². The third-order valence-electron chi connectivity index (χ3n) is 4.98. The van der Waals surface area contributed by atoms with Crippen LogP contribution < -0.4 is 15.0 Å². The van der Waals surface area contributed by atoms with E-state index in [-0.39, 0.29) is 12.1 Å². The summed E-state index contributed by atoms with van der Waals surface area (Å²) in [5, 5.41) is 19.2. The summed E-state index contributed by atoms with van der Waals surface area (Å²) in [6, 6.07) is 16.0. The van der Waals surface area contributed by atoms with Crippen molar-refractivity contribution in [1.82, 2.24) is 4.57 Å². The van der Waals surface area contributed by atoms with E-state index in [4.69, 9.17) is 14.6 Å². The van der Waals surface area contributed by atoms with Crippen molar-refractivity contribution in [3.05, 3.63) is 99.5 Å². The van der Waals surface area contributed by atoms with E-state index in [0.717, 1.165) is 11.1 Å². The van der Waals surface area contributed by atoms with Gasteiger partial charge < -0.3 is 24.3 Å². The van der Waals surface area contributed by atoms with Crippen molar-refractivity contribution in [3.63, 3.8) is 0 Å². The van der Waals surface area contributed by atoms with Crippen LogP contribution in [0.5, 0.6) is 11.5 Å². The van der Waals surface area contributed by atoms with Gasteiger partial charge in [0.05, 0.1) is 26.3 Å². The van der Waals surface area contributed by atoms with E-state index in [0.29, 0.717) is 29.6 Å². The third kappa shape index (κ3) is 5.88. The van der Waals surface area contributed by atoms with E-state index in [1.54, 1.807) is 32.5 Å². The summed E-state index contributed by atoms with van der Waals surface area (Å²) in [5.41, 5.74) is 1.71. The van der Waals surface area contributed by atoms with Crippen LogP contribution in [0.2, 0.25) is 0 Å². The lowest BCUT2D eigenvalue weighted by molar-refractivity contribution is -0.146. The molecule has 0 amide bonds. The quantitative estimate of drug-likeness (QED) is 0.293. The van der Waals surface area contributed by atoms with Gasteiger partial charge in [-0.1, -0.05) is 24.3 Å². The Labute approximate surface area is 190 Å². The average molecular weight is 449 g/mol. The zero-order valence-electron chi connectivity index (χ0n) is 18.1. The fraction of sp³-hybridized carbons (Fsp3) is 0.160. The first-order valence-electron chi connectivity index (χ1n) is 9.98. The summed E-state index contributed by atoms with van der Waals surface area (Å²) in [6.07, 6.45) is 2.64. The second-order valence-corrected chi connectivity index (χ2v) is 7.27. The van der Waals surface area contributed by atoms with Crippen LogP contribution >= 0.6 is 0 Å². The Hall–Kier alpha value is -4.33. The van der Waals surface area contributed by atoms with Crippen molar-refractivity contribution < 1.29 is 29.3 Å². The molecule has 3 rings (SSSR count). The van der Waals surface area contributed by atoms with Gasteiger partial charge in [0.1, 0.15) is 17.3 Å². The van der Waals surface area contributed by atoms with Crippen LogP contribution in [0.15, 0.2) is 71.7 Å². The van der Waals surface area contributed by atoms with Crippen LogP contribution in [0.4, 0.5) is 0 Å². The van der Waals surface area contributed by atoms with E-state index >= 15 is 0 Å². The van der Waals surface area contributed by atoms with Gasteiger partial charge in [0.2, 0.25) is 0 Å². The molecule has 1 aromatic heterocycles. The largest absolute Gasteiger partial charge is 0.507 e. The molecule has 0 aliphatic carbocycles. The molecule has 0 atom stereocenters. The average Bonchev–Trinajstić information content (AvgIpc) is 2.81. The van der Waals surface area contributed by atoms with Gasteiger partial charge in [-0.3, -0.25) is 9.59 Å². The molecule has 1 heterocycles. The number of hydrogen-bond acceptors (Lipinski definition) is 6. The highest BCUT2D eigenvalue weighted by molar-refractivity contribution is 6.38. The summed E-state index contributed by atoms with van der Waals surface area (Å²) < 4.78 is 11.7. The van der Waals surface area contributed by atoms with Gasteiger partial charge >= 0.3 is 5.97 Å². The van der Waals surface area contributed by atoms with E-state index < -0.39 is 23.1 Å². The molecule has 0 spiro atoms. The molecule has 0 unspecified atom stereocenters. The number of aromatic nitrogens is 1. The number of ether oxygens (including phenoxy) is 2. The summed E-state index contributed by atoms with van der Waals surface area (Å²) in [7, 11) is 3.13. The molecule has 33 heavy (non-hydrogen) atoms. The fourth-order valence-electron chi connectivity index (χ4n) is 3.27. The maximum atomic E-state index is 13.0. The second-order valence-electron chi connectivity index (χ2n) is 7.27. The number of carboxylic acids is 1. The molecular formula is C25H23NO7. The van der Waals surface area contributed by atoms with E-state index in [1.165, 1.54) is 10.6 Å². The summed E-state index contributed by atoms with van der Waals surface area (Å²) in [5.74, 6) is -2.37. The number of methoxy groups -OCH3 is 2. The molecule has 0 saturated heterocycles. The molecule has 0 fully saturated rings. The van der Waals surface area contributed by atoms with Crippen molar-refractivity contribution in [2.45, 2.75) is 13.0 Å². The Balaban J connectivity index is 2.03. The van der Waals surface area contributed by atoms with Crippen LogP contribution in [-0.2, 0) is 22.6 Å². The third-order valence-corrected chi connectivity index (χ3v) is 4.98. The molecule has 2 N–H and O–H groups in total. The maximum absolute atomic E-state index is 13.0. The molecule has 8 heteroatoms. The first-order chi connectivity index (χ1) is 15.8. The number of nitrogens with zero attached hydrogens (tertiary/aromatic N) is 1. The minimum absolute atomic E-state index is 0.163. The molecule has 0 bridgehead atoms. The molecule has 0 radical (unpaired) electrons. The molecule has 8 nitrogen and oxygen atoms in total. The van der Waals surface area contributed by atoms with Crippen molar-refractivity contribution in [2.75, 3.05) is 14.2 Å². The van der Waals surface area contributed by atoms with E-state index in [9.17, 15) is 19.5 Å². The number of aliphatic carboxylic acids is 1. The normalized spacial score (nSPS) is 11.2. The Kier molecular flexibility index (Phi) is 7.30.